The molecule has 8 heteroatoms. The summed E-state index contributed by atoms with van der Waals surface area (Å²) in [5, 5.41) is 0. The van der Waals surface area contributed by atoms with E-state index in [0.29, 0.717) is 5.69 Å². The van der Waals surface area contributed by atoms with Crippen LogP contribution in [-0.4, -0.2) is 42.4 Å². The van der Waals surface area contributed by atoms with Gasteiger partial charge in [-0.2, -0.15) is 0 Å². The van der Waals surface area contributed by atoms with Gasteiger partial charge in [-0.15, -0.1) is 0 Å². The highest BCUT2D eigenvalue weighted by molar-refractivity contribution is 7.89. The lowest BCUT2D eigenvalue weighted by atomic mass is 10.1. The number of oxazole rings is 1. The summed E-state index contributed by atoms with van der Waals surface area (Å²) in [5.41, 5.74) is 2.72. The number of likely N-dealkylation sites (tertiary alicyclic amines) is 1. The van der Waals surface area contributed by atoms with Crippen molar-refractivity contribution in [3.8, 4) is 11.3 Å². The number of pyridine rings is 1. The van der Waals surface area contributed by atoms with Gasteiger partial charge in [0.05, 0.1) is 4.90 Å². The summed E-state index contributed by atoms with van der Waals surface area (Å²) in [4.78, 5) is 10.7. The van der Waals surface area contributed by atoms with Gasteiger partial charge in [-0.25, -0.2) is 18.1 Å². The van der Waals surface area contributed by atoms with E-state index in [1.807, 2.05) is 12.1 Å². The molecule has 1 aliphatic rings. The number of hydrogen-bond acceptors (Lipinski definition) is 6. The zero-order valence-electron chi connectivity index (χ0n) is 15.4. The normalized spacial score (nSPS) is 16.3. The molecule has 1 saturated heterocycles. The highest BCUT2D eigenvalue weighted by Gasteiger charge is 2.24. The van der Waals surface area contributed by atoms with Crippen molar-refractivity contribution in [1.82, 2.24) is 19.6 Å². The number of benzene rings is 1. The van der Waals surface area contributed by atoms with Crippen LogP contribution in [0.4, 0.5) is 0 Å². The van der Waals surface area contributed by atoms with E-state index in [1.54, 1.807) is 36.7 Å². The molecule has 0 amide bonds. The Morgan fingerprint density at radius 3 is 2.43 bits per heavy atom. The van der Waals surface area contributed by atoms with Gasteiger partial charge in [0, 0.05) is 43.6 Å². The zero-order valence-corrected chi connectivity index (χ0v) is 16.2. The first-order valence-electron chi connectivity index (χ1n) is 9.22. The number of rotatable bonds is 6. The lowest BCUT2D eigenvalue weighted by Gasteiger charge is -2.32. The number of sulfonamides is 1. The van der Waals surface area contributed by atoms with Gasteiger partial charge in [-0.1, -0.05) is 12.1 Å². The Hall–Kier alpha value is -2.55. The number of nitrogens with one attached hydrogen (secondary N) is 1. The minimum Gasteiger partial charge on any atom is -0.451 e. The summed E-state index contributed by atoms with van der Waals surface area (Å²) < 4.78 is 33.2. The fourth-order valence-corrected chi connectivity index (χ4v) is 4.71. The summed E-state index contributed by atoms with van der Waals surface area (Å²) in [5.74, 6) is 0. The van der Waals surface area contributed by atoms with Gasteiger partial charge in [0.1, 0.15) is 12.0 Å². The SMILES string of the molecule is O=S(=O)(NC1CCN(Cc2ccncc2)CC1)c1ccc(-c2cocn2)cc1. The smallest absolute Gasteiger partial charge is 0.240 e. The van der Waals surface area contributed by atoms with Gasteiger partial charge in [-0.3, -0.25) is 9.88 Å². The van der Waals surface area contributed by atoms with Gasteiger partial charge in [-0.05, 0) is 42.7 Å². The van der Waals surface area contributed by atoms with Crippen molar-refractivity contribution in [2.24, 2.45) is 0 Å². The third-order valence-corrected chi connectivity index (χ3v) is 6.49. The fourth-order valence-electron chi connectivity index (χ4n) is 3.40. The van der Waals surface area contributed by atoms with Gasteiger partial charge < -0.3 is 4.42 Å². The Labute approximate surface area is 164 Å². The lowest BCUT2D eigenvalue weighted by Crippen LogP contribution is -2.44. The van der Waals surface area contributed by atoms with Crippen molar-refractivity contribution < 1.29 is 12.8 Å². The second-order valence-electron chi connectivity index (χ2n) is 6.93. The maximum atomic E-state index is 12.7. The predicted octanol–water partition coefficient (Wildman–Crippen LogP) is 2.68. The molecule has 3 aromatic rings. The molecule has 7 nitrogen and oxygen atoms in total. The molecule has 4 rings (SSSR count). The third-order valence-electron chi connectivity index (χ3n) is 4.96. The first-order valence-corrected chi connectivity index (χ1v) is 10.7. The van der Waals surface area contributed by atoms with Crippen LogP contribution in [0.25, 0.3) is 11.3 Å². The largest absolute Gasteiger partial charge is 0.451 e. The Morgan fingerprint density at radius 2 is 1.79 bits per heavy atom. The molecule has 0 aliphatic carbocycles. The minimum absolute atomic E-state index is 0.0473. The van der Waals surface area contributed by atoms with Crippen molar-refractivity contribution in [1.29, 1.82) is 0 Å². The highest BCUT2D eigenvalue weighted by Crippen LogP contribution is 2.21. The van der Waals surface area contributed by atoms with Crippen LogP contribution in [0.1, 0.15) is 18.4 Å². The van der Waals surface area contributed by atoms with Crippen molar-refractivity contribution in [3.63, 3.8) is 0 Å². The summed E-state index contributed by atoms with van der Waals surface area (Å²) in [6.45, 7) is 2.59. The molecule has 3 heterocycles. The number of piperidine rings is 1. The zero-order chi connectivity index (χ0) is 19.4. The van der Waals surface area contributed by atoms with Crippen LogP contribution in [0.3, 0.4) is 0 Å². The number of aromatic nitrogens is 2. The van der Waals surface area contributed by atoms with E-state index in [0.717, 1.165) is 38.0 Å². The molecular weight excluding hydrogens is 376 g/mol. The lowest BCUT2D eigenvalue weighted by molar-refractivity contribution is 0.200. The Morgan fingerprint density at radius 1 is 1.07 bits per heavy atom. The molecular formula is C20H22N4O3S. The Bertz CT molecular complexity index is 982. The first kappa shape index (κ1) is 18.8. The highest BCUT2D eigenvalue weighted by atomic mass is 32.2. The second-order valence-corrected chi connectivity index (χ2v) is 8.64. The molecule has 146 valence electrons. The Kier molecular flexibility index (Phi) is 5.52. The van der Waals surface area contributed by atoms with Crippen molar-refractivity contribution >= 4 is 10.0 Å². The van der Waals surface area contributed by atoms with Crippen LogP contribution >= 0.6 is 0 Å². The monoisotopic (exact) mass is 398 g/mol. The quantitative estimate of drug-likeness (QED) is 0.687. The maximum Gasteiger partial charge on any atom is 0.240 e. The Balaban J connectivity index is 1.34. The molecule has 0 bridgehead atoms. The van der Waals surface area contributed by atoms with Gasteiger partial charge >= 0.3 is 0 Å². The van der Waals surface area contributed by atoms with Gasteiger partial charge in [0.25, 0.3) is 0 Å². The predicted molar refractivity (Wildman–Crippen MR) is 105 cm³/mol. The van der Waals surface area contributed by atoms with Crippen LogP contribution in [0.15, 0.2) is 70.8 Å². The van der Waals surface area contributed by atoms with Crippen LogP contribution in [0.5, 0.6) is 0 Å². The molecule has 2 aromatic heterocycles. The van der Waals surface area contributed by atoms with Crippen LogP contribution in [0, 0.1) is 0 Å². The van der Waals surface area contributed by atoms with Crippen LogP contribution in [0.2, 0.25) is 0 Å². The molecule has 0 radical (unpaired) electrons. The molecule has 1 fully saturated rings. The molecule has 0 spiro atoms. The van der Waals surface area contributed by atoms with E-state index < -0.39 is 10.0 Å². The van der Waals surface area contributed by atoms with Gasteiger partial charge in [0.2, 0.25) is 10.0 Å². The summed E-state index contributed by atoms with van der Waals surface area (Å²) in [7, 11) is -3.54. The summed E-state index contributed by atoms with van der Waals surface area (Å²) in [6.07, 6.45) is 8.06. The molecule has 28 heavy (non-hydrogen) atoms. The fraction of sp³-hybridized carbons (Fsp3) is 0.300. The molecule has 0 saturated carbocycles. The minimum atomic E-state index is -3.54. The topological polar surface area (TPSA) is 88.3 Å². The molecule has 0 atom stereocenters. The van der Waals surface area contributed by atoms with E-state index in [2.05, 4.69) is 19.6 Å². The molecule has 1 aromatic carbocycles. The van der Waals surface area contributed by atoms with Crippen molar-refractivity contribution in [2.75, 3.05) is 13.1 Å². The average Bonchev–Trinajstić information content (AvgIpc) is 3.25. The second kappa shape index (κ2) is 8.22. The van der Waals surface area contributed by atoms with Crippen LogP contribution in [-0.2, 0) is 16.6 Å². The molecule has 1 N–H and O–H groups in total. The average molecular weight is 398 g/mol. The summed E-state index contributed by atoms with van der Waals surface area (Å²) >= 11 is 0. The maximum absolute atomic E-state index is 12.7. The van der Waals surface area contributed by atoms with Gasteiger partial charge in [0.15, 0.2) is 6.39 Å². The van der Waals surface area contributed by atoms with E-state index >= 15 is 0 Å². The van der Waals surface area contributed by atoms with Crippen molar-refractivity contribution in [2.45, 2.75) is 30.3 Å². The first-order chi connectivity index (χ1) is 13.6. The number of hydrogen-bond donors (Lipinski definition) is 1. The number of nitrogens with zero attached hydrogens (tertiary/aromatic N) is 3. The molecule has 1 aliphatic heterocycles. The van der Waals surface area contributed by atoms with Crippen molar-refractivity contribution in [3.05, 3.63) is 67.0 Å². The molecule has 0 unspecified atom stereocenters. The third kappa shape index (κ3) is 4.46. The van der Waals surface area contributed by atoms with E-state index in [1.165, 1.54) is 18.2 Å². The van der Waals surface area contributed by atoms with E-state index in [4.69, 9.17) is 4.42 Å². The standard InChI is InChI=1S/C20H22N4O3S/c25-28(26,19-3-1-17(2-4-19)20-14-27-15-22-20)23-18-7-11-24(12-8-18)13-16-5-9-21-10-6-16/h1-6,9-10,14-15,18,23H,7-8,11-13H2. The van der Waals surface area contributed by atoms with E-state index in [-0.39, 0.29) is 10.9 Å². The summed E-state index contributed by atoms with van der Waals surface area (Å²) in [6, 6.07) is 10.7. The van der Waals surface area contributed by atoms with Crippen LogP contribution < -0.4 is 4.72 Å². The van der Waals surface area contributed by atoms with E-state index in [9.17, 15) is 8.42 Å².